The van der Waals surface area contributed by atoms with Gasteiger partial charge in [0.05, 0.1) is 18.8 Å². The van der Waals surface area contributed by atoms with Crippen LogP contribution in [0.25, 0.3) is 0 Å². The lowest BCUT2D eigenvalue weighted by Gasteiger charge is -2.32. The SMILES string of the molecule is CCN(CC)C(=O)CN1CCOc2cc(N)ccc21. The highest BCUT2D eigenvalue weighted by Crippen LogP contribution is 2.33. The van der Waals surface area contributed by atoms with Crippen molar-refractivity contribution in [2.75, 3.05) is 43.4 Å². The number of amides is 1. The van der Waals surface area contributed by atoms with Crippen LogP contribution in [0.4, 0.5) is 11.4 Å². The normalized spacial score (nSPS) is 13.7. The standard InChI is InChI=1S/C14H21N3O2/c1-3-16(4-2)14(18)10-17-7-8-19-13-9-11(15)5-6-12(13)17/h5-6,9H,3-4,7-8,10,15H2,1-2H3. The topological polar surface area (TPSA) is 58.8 Å². The summed E-state index contributed by atoms with van der Waals surface area (Å²) in [5, 5.41) is 0. The lowest BCUT2D eigenvalue weighted by Crippen LogP contribution is -2.43. The first-order chi connectivity index (χ1) is 9.15. The predicted octanol–water partition coefficient (Wildman–Crippen LogP) is 1.34. The monoisotopic (exact) mass is 263 g/mol. The van der Waals surface area contributed by atoms with E-state index in [9.17, 15) is 4.79 Å². The molecule has 1 heterocycles. The molecule has 1 aromatic rings. The van der Waals surface area contributed by atoms with E-state index in [1.807, 2.05) is 36.9 Å². The van der Waals surface area contributed by atoms with Crippen molar-refractivity contribution < 1.29 is 9.53 Å². The van der Waals surface area contributed by atoms with Crippen molar-refractivity contribution in [3.05, 3.63) is 18.2 Å². The zero-order valence-corrected chi connectivity index (χ0v) is 11.6. The van der Waals surface area contributed by atoms with E-state index in [-0.39, 0.29) is 5.91 Å². The van der Waals surface area contributed by atoms with Crippen molar-refractivity contribution in [2.45, 2.75) is 13.8 Å². The molecular formula is C14H21N3O2. The summed E-state index contributed by atoms with van der Waals surface area (Å²) in [7, 11) is 0. The zero-order valence-electron chi connectivity index (χ0n) is 11.6. The molecule has 1 aromatic carbocycles. The molecule has 5 nitrogen and oxygen atoms in total. The van der Waals surface area contributed by atoms with Gasteiger partial charge in [-0.1, -0.05) is 0 Å². The molecule has 104 valence electrons. The maximum absolute atomic E-state index is 12.2. The summed E-state index contributed by atoms with van der Waals surface area (Å²) in [4.78, 5) is 16.1. The van der Waals surface area contributed by atoms with E-state index in [2.05, 4.69) is 4.90 Å². The van der Waals surface area contributed by atoms with Crippen LogP contribution in [0.1, 0.15) is 13.8 Å². The Kier molecular flexibility index (Phi) is 4.14. The third-order valence-electron chi connectivity index (χ3n) is 3.39. The fourth-order valence-corrected chi connectivity index (χ4v) is 2.30. The number of likely N-dealkylation sites (N-methyl/N-ethyl adjacent to an activating group) is 1. The van der Waals surface area contributed by atoms with Crippen LogP contribution in [-0.2, 0) is 4.79 Å². The van der Waals surface area contributed by atoms with Crippen molar-refractivity contribution in [1.29, 1.82) is 0 Å². The van der Waals surface area contributed by atoms with Gasteiger partial charge in [-0.25, -0.2) is 0 Å². The fourth-order valence-electron chi connectivity index (χ4n) is 2.30. The maximum atomic E-state index is 12.2. The number of ether oxygens (including phenoxy) is 1. The highest BCUT2D eigenvalue weighted by molar-refractivity contribution is 5.82. The van der Waals surface area contributed by atoms with Gasteiger partial charge in [-0.2, -0.15) is 0 Å². The van der Waals surface area contributed by atoms with E-state index >= 15 is 0 Å². The van der Waals surface area contributed by atoms with E-state index in [4.69, 9.17) is 10.5 Å². The number of nitrogens with two attached hydrogens (primary N) is 1. The number of nitrogen functional groups attached to an aromatic ring is 1. The number of hydrogen-bond donors (Lipinski definition) is 1. The number of fused-ring (bicyclic) bond motifs is 1. The minimum Gasteiger partial charge on any atom is -0.489 e. The van der Waals surface area contributed by atoms with Gasteiger partial charge < -0.3 is 20.3 Å². The first-order valence-corrected chi connectivity index (χ1v) is 6.70. The van der Waals surface area contributed by atoms with Crippen LogP contribution in [0.2, 0.25) is 0 Å². The van der Waals surface area contributed by atoms with Gasteiger partial charge in [0.25, 0.3) is 0 Å². The molecule has 0 saturated heterocycles. The minimum absolute atomic E-state index is 0.148. The Balaban J connectivity index is 2.13. The third-order valence-corrected chi connectivity index (χ3v) is 3.39. The van der Waals surface area contributed by atoms with Crippen LogP contribution in [0.5, 0.6) is 5.75 Å². The highest BCUT2D eigenvalue weighted by Gasteiger charge is 2.22. The van der Waals surface area contributed by atoms with Gasteiger partial charge in [0.2, 0.25) is 5.91 Å². The van der Waals surface area contributed by atoms with E-state index < -0.39 is 0 Å². The summed E-state index contributed by atoms with van der Waals surface area (Å²) in [6.45, 7) is 7.18. The van der Waals surface area contributed by atoms with Crippen LogP contribution in [-0.4, -0.2) is 43.6 Å². The quantitative estimate of drug-likeness (QED) is 0.833. The Bertz CT molecular complexity index is 458. The summed E-state index contributed by atoms with van der Waals surface area (Å²) in [6, 6.07) is 5.56. The molecule has 0 fully saturated rings. The summed E-state index contributed by atoms with van der Waals surface area (Å²) >= 11 is 0. The Morgan fingerprint density at radius 2 is 2.16 bits per heavy atom. The molecular weight excluding hydrogens is 242 g/mol. The second-order valence-corrected chi connectivity index (χ2v) is 4.56. The Hall–Kier alpha value is -1.91. The fraction of sp³-hybridized carbons (Fsp3) is 0.500. The van der Waals surface area contributed by atoms with Crippen molar-refractivity contribution in [2.24, 2.45) is 0 Å². The van der Waals surface area contributed by atoms with E-state index in [0.29, 0.717) is 18.8 Å². The zero-order chi connectivity index (χ0) is 13.8. The van der Waals surface area contributed by atoms with Gasteiger partial charge in [0, 0.05) is 24.8 Å². The largest absolute Gasteiger partial charge is 0.489 e. The molecule has 19 heavy (non-hydrogen) atoms. The van der Waals surface area contributed by atoms with E-state index in [0.717, 1.165) is 31.1 Å². The van der Waals surface area contributed by atoms with Crippen molar-refractivity contribution in [3.63, 3.8) is 0 Å². The van der Waals surface area contributed by atoms with Gasteiger partial charge >= 0.3 is 0 Å². The molecule has 0 bridgehead atoms. The first-order valence-electron chi connectivity index (χ1n) is 6.70. The number of carbonyl (C=O) groups is 1. The van der Waals surface area contributed by atoms with Crippen LogP contribution in [0.15, 0.2) is 18.2 Å². The summed E-state index contributed by atoms with van der Waals surface area (Å²) < 4.78 is 5.58. The van der Waals surface area contributed by atoms with Crippen LogP contribution < -0.4 is 15.4 Å². The second-order valence-electron chi connectivity index (χ2n) is 4.56. The molecule has 0 unspecified atom stereocenters. The average Bonchev–Trinajstić information content (AvgIpc) is 2.40. The molecule has 2 rings (SSSR count). The van der Waals surface area contributed by atoms with Crippen molar-refractivity contribution in [3.8, 4) is 5.75 Å². The molecule has 1 aliphatic heterocycles. The Labute approximate surface area is 113 Å². The van der Waals surface area contributed by atoms with E-state index in [1.54, 1.807) is 0 Å². The summed E-state index contributed by atoms with van der Waals surface area (Å²) in [6.07, 6.45) is 0. The summed E-state index contributed by atoms with van der Waals surface area (Å²) in [5.74, 6) is 0.910. The summed E-state index contributed by atoms with van der Waals surface area (Å²) in [5.41, 5.74) is 7.37. The number of hydrogen-bond acceptors (Lipinski definition) is 4. The van der Waals surface area contributed by atoms with Crippen LogP contribution in [0.3, 0.4) is 0 Å². The van der Waals surface area contributed by atoms with Gasteiger partial charge in [0.1, 0.15) is 12.4 Å². The first kappa shape index (κ1) is 13.5. The molecule has 0 aromatic heterocycles. The molecule has 1 aliphatic rings. The lowest BCUT2D eigenvalue weighted by atomic mass is 10.2. The molecule has 0 radical (unpaired) electrons. The molecule has 2 N–H and O–H groups in total. The minimum atomic E-state index is 0.148. The van der Waals surface area contributed by atoms with Gasteiger partial charge in [0.15, 0.2) is 0 Å². The van der Waals surface area contributed by atoms with Gasteiger partial charge in [-0.05, 0) is 26.0 Å². The molecule has 1 amide bonds. The number of anilines is 2. The highest BCUT2D eigenvalue weighted by atomic mass is 16.5. The van der Waals surface area contributed by atoms with Gasteiger partial charge in [-0.3, -0.25) is 4.79 Å². The third kappa shape index (κ3) is 2.92. The number of rotatable bonds is 4. The van der Waals surface area contributed by atoms with Crippen LogP contribution >= 0.6 is 0 Å². The molecule has 0 aliphatic carbocycles. The number of carbonyl (C=O) groups excluding carboxylic acids is 1. The molecule has 0 spiro atoms. The molecule has 5 heteroatoms. The van der Waals surface area contributed by atoms with Gasteiger partial charge in [-0.15, -0.1) is 0 Å². The van der Waals surface area contributed by atoms with E-state index in [1.165, 1.54) is 0 Å². The predicted molar refractivity (Wildman–Crippen MR) is 76.5 cm³/mol. The van der Waals surface area contributed by atoms with Crippen LogP contribution in [0, 0.1) is 0 Å². The molecule has 0 atom stereocenters. The Morgan fingerprint density at radius 1 is 1.42 bits per heavy atom. The second kappa shape index (κ2) is 5.82. The average molecular weight is 263 g/mol. The number of benzene rings is 1. The lowest BCUT2D eigenvalue weighted by molar-refractivity contribution is -0.129. The Morgan fingerprint density at radius 3 is 2.84 bits per heavy atom. The molecule has 0 saturated carbocycles. The number of nitrogens with zero attached hydrogens (tertiary/aromatic N) is 2. The van der Waals surface area contributed by atoms with Crippen molar-refractivity contribution >= 4 is 17.3 Å². The maximum Gasteiger partial charge on any atom is 0.242 e. The van der Waals surface area contributed by atoms with Crippen molar-refractivity contribution in [1.82, 2.24) is 4.90 Å². The smallest absolute Gasteiger partial charge is 0.242 e.